The third-order valence-corrected chi connectivity index (χ3v) is 13.5. The van der Waals surface area contributed by atoms with Gasteiger partial charge in [0, 0.05) is 10.0 Å². The van der Waals surface area contributed by atoms with Crippen molar-refractivity contribution >= 4 is 52.1 Å². The van der Waals surface area contributed by atoms with Crippen LogP contribution in [0.3, 0.4) is 0 Å². The van der Waals surface area contributed by atoms with Crippen LogP contribution in [0.15, 0.2) is 108 Å². The van der Waals surface area contributed by atoms with Crippen LogP contribution in [-0.2, 0) is 21.9 Å². The van der Waals surface area contributed by atoms with Gasteiger partial charge in [0.15, 0.2) is 0 Å². The van der Waals surface area contributed by atoms with Gasteiger partial charge in [-0.05, 0) is 83.9 Å². The molecule has 0 bridgehead atoms. The number of aromatic nitrogens is 4. The van der Waals surface area contributed by atoms with Crippen molar-refractivity contribution in [1.29, 1.82) is 0 Å². The third kappa shape index (κ3) is 8.17. The van der Waals surface area contributed by atoms with E-state index in [0.29, 0.717) is 22.3 Å². The minimum atomic E-state index is -4.54. The number of nitrogens with zero attached hydrogens (tertiary/aromatic N) is 5. The molecule has 1 amide bonds. The Morgan fingerprint density at radius 1 is 0.840 bits per heavy atom. The van der Waals surface area contributed by atoms with Gasteiger partial charge in [0.05, 0.1) is 30.1 Å². The van der Waals surface area contributed by atoms with E-state index in [-0.39, 0.29) is 23.1 Å². The third-order valence-electron chi connectivity index (χ3n) is 7.95. The average molecular weight is 767 g/mol. The maximum atomic E-state index is 13.7. The van der Waals surface area contributed by atoms with E-state index >= 15 is 0 Å². The molecule has 5 aromatic rings. The van der Waals surface area contributed by atoms with Crippen LogP contribution in [0.4, 0.5) is 29.3 Å². The molecule has 0 aliphatic carbocycles. The van der Waals surface area contributed by atoms with Crippen LogP contribution >= 0.6 is 15.9 Å². The van der Waals surface area contributed by atoms with Crippen molar-refractivity contribution in [3.63, 3.8) is 0 Å². The molecule has 50 heavy (non-hydrogen) atoms. The molecule has 0 N–H and O–H groups in total. The molecule has 0 aliphatic rings. The number of halogens is 4. The molecule has 0 spiro atoms. The summed E-state index contributed by atoms with van der Waals surface area (Å²) < 4.78 is 53.5. The summed E-state index contributed by atoms with van der Waals surface area (Å²) in [5.41, 5.74) is -0.855. The molecular weight excluding hydrogens is 727 g/mol. The predicted octanol–water partition coefficient (Wildman–Crippen LogP) is 8.77. The van der Waals surface area contributed by atoms with E-state index in [4.69, 9.17) is 9.16 Å². The SMILES string of the molecule is CC(C)(C)OC(=O)N(c1ccc(C(F)(F)F)cc1)c1ccc(Br)cc1-c1nnn(CCO[Si](c2ccccc2)(c2ccccc2)C(C)(C)C)n1. The molecule has 0 fully saturated rings. The largest absolute Gasteiger partial charge is 0.443 e. The Kier molecular flexibility index (Phi) is 10.7. The smallest absolute Gasteiger partial charge is 0.419 e. The quantitative estimate of drug-likeness (QED) is 0.140. The van der Waals surface area contributed by atoms with Crippen LogP contribution in [0, 0.1) is 0 Å². The number of benzene rings is 4. The van der Waals surface area contributed by atoms with E-state index in [9.17, 15) is 18.0 Å². The lowest BCUT2D eigenvalue weighted by Gasteiger charge is -2.43. The number of ether oxygens (including phenoxy) is 1. The average Bonchev–Trinajstić information content (AvgIpc) is 3.52. The Bertz CT molecular complexity index is 1870. The second-order valence-corrected chi connectivity index (χ2v) is 19.0. The van der Waals surface area contributed by atoms with Crippen molar-refractivity contribution in [3.05, 3.63) is 113 Å². The number of hydrogen-bond acceptors (Lipinski definition) is 6. The highest BCUT2D eigenvalue weighted by atomic mass is 79.9. The minimum absolute atomic E-state index is 0.168. The molecule has 0 radical (unpaired) electrons. The number of anilines is 2. The second-order valence-electron chi connectivity index (χ2n) is 13.7. The summed E-state index contributed by atoms with van der Waals surface area (Å²) in [6, 6.07) is 30.0. The Morgan fingerprint density at radius 3 is 1.94 bits per heavy atom. The Morgan fingerprint density at radius 2 is 1.42 bits per heavy atom. The normalized spacial score (nSPS) is 12.5. The van der Waals surface area contributed by atoms with Gasteiger partial charge in [-0.3, -0.25) is 0 Å². The van der Waals surface area contributed by atoms with Crippen molar-refractivity contribution in [3.8, 4) is 11.4 Å². The highest BCUT2D eigenvalue weighted by Crippen LogP contribution is 2.39. The number of carbonyl (C=O) groups is 1. The van der Waals surface area contributed by atoms with Gasteiger partial charge in [0.25, 0.3) is 8.32 Å². The molecule has 0 aliphatic heterocycles. The monoisotopic (exact) mass is 765 g/mol. The predicted molar refractivity (Wildman–Crippen MR) is 194 cm³/mol. The van der Waals surface area contributed by atoms with Gasteiger partial charge in [0.2, 0.25) is 5.82 Å². The molecule has 8 nitrogen and oxygen atoms in total. The van der Waals surface area contributed by atoms with Crippen molar-refractivity contribution in [2.45, 2.75) is 64.9 Å². The van der Waals surface area contributed by atoms with E-state index in [1.807, 2.05) is 36.4 Å². The molecule has 1 heterocycles. The summed E-state index contributed by atoms with van der Waals surface area (Å²) >= 11 is 3.49. The van der Waals surface area contributed by atoms with Gasteiger partial charge in [-0.2, -0.15) is 18.0 Å². The highest BCUT2D eigenvalue weighted by Gasteiger charge is 2.50. The van der Waals surface area contributed by atoms with E-state index in [2.05, 4.69) is 76.4 Å². The lowest BCUT2D eigenvalue weighted by Crippen LogP contribution is -2.66. The summed E-state index contributed by atoms with van der Waals surface area (Å²) in [6.07, 6.45) is -5.33. The fourth-order valence-electron chi connectivity index (χ4n) is 5.82. The number of amides is 1. The zero-order valence-corrected chi connectivity index (χ0v) is 31.3. The number of alkyl halides is 3. The molecule has 0 saturated carbocycles. The van der Waals surface area contributed by atoms with Crippen LogP contribution in [0.25, 0.3) is 11.4 Å². The van der Waals surface area contributed by atoms with E-state index in [1.165, 1.54) is 21.8 Å². The van der Waals surface area contributed by atoms with E-state index < -0.39 is 31.8 Å². The first-order chi connectivity index (χ1) is 23.5. The van der Waals surface area contributed by atoms with Crippen LogP contribution < -0.4 is 15.3 Å². The minimum Gasteiger partial charge on any atom is -0.443 e. The van der Waals surface area contributed by atoms with Crippen LogP contribution in [0.1, 0.15) is 47.1 Å². The lowest BCUT2D eigenvalue weighted by atomic mass is 10.1. The summed E-state index contributed by atoms with van der Waals surface area (Å²) in [5, 5.41) is 15.3. The van der Waals surface area contributed by atoms with Crippen molar-refractivity contribution in [2.75, 3.05) is 11.5 Å². The lowest BCUT2D eigenvalue weighted by molar-refractivity contribution is -0.137. The molecule has 0 atom stereocenters. The summed E-state index contributed by atoms with van der Waals surface area (Å²) in [4.78, 5) is 16.3. The second kappa shape index (κ2) is 14.5. The first-order valence-electron chi connectivity index (χ1n) is 16.0. The Hall–Kier alpha value is -4.33. The van der Waals surface area contributed by atoms with Gasteiger partial charge < -0.3 is 9.16 Å². The van der Waals surface area contributed by atoms with E-state index in [0.717, 1.165) is 22.5 Å². The van der Waals surface area contributed by atoms with Gasteiger partial charge in [-0.1, -0.05) is 97.4 Å². The fraction of sp³-hybridized carbons (Fsp3) is 0.297. The first kappa shape index (κ1) is 36.9. The molecule has 13 heteroatoms. The maximum absolute atomic E-state index is 13.7. The van der Waals surface area contributed by atoms with Gasteiger partial charge in [0.1, 0.15) is 5.60 Å². The standard InChI is InChI=1S/C37H39BrF3N5O3Si/c1-35(2,3)49-34(47)46(28-20-17-26(18-21-28)37(39,40)41)32-22-19-27(38)25-31(32)33-42-44-45(43-33)23-24-48-50(36(4,5)6,29-13-9-7-10-14-29)30-15-11-8-12-16-30/h7-22,25H,23-24H2,1-6H3. The van der Waals surface area contributed by atoms with Crippen LogP contribution in [0.5, 0.6) is 0 Å². The van der Waals surface area contributed by atoms with Crippen molar-refractivity contribution in [1.82, 2.24) is 20.2 Å². The number of rotatable bonds is 9. The van der Waals surface area contributed by atoms with E-state index in [1.54, 1.807) is 39.0 Å². The number of tetrazole rings is 1. The molecule has 5 rings (SSSR count). The first-order valence-corrected chi connectivity index (χ1v) is 18.7. The zero-order chi connectivity index (χ0) is 36.3. The molecule has 0 saturated heterocycles. The fourth-order valence-corrected chi connectivity index (χ4v) is 10.7. The maximum Gasteiger partial charge on any atom is 0.419 e. The molecular formula is C37H39BrF3N5O3Si. The number of carbonyl (C=O) groups excluding carboxylic acids is 1. The summed E-state index contributed by atoms with van der Waals surface area (Å²) in [7, 11) is -2.80. The Labute approximate surface area is 299 Å². The highest BCUT2D eigenvalue weighted by molar-refractivity contribution is 9.10. The van der Waals surface area contributed by atoms with Gasteiger partial charge in [-0.15, -0.1) is 10.2 Å². The Balaban J connectivity index is 1.48. The van der Waals surface area contributed by atoms with Gasteiger partial charge in [-0.25, -0.2) is 9.69 Å². The van der Waals surface area contributed by atoms with Crippen LogP contribution in [-0.4, -0.2) is 46.8 Å². The molecule has 0 unspecified atom stereocenters. The molecule has 1 aromatic heterocycles. The zero-order valence-electron chi connectivity index (χ0n) is 28.7. The molecule has 4 aromatic carbocycles. The number of hydrogen-bond donors (Lipinski definition) is 0. The summed E-state index contributed by atoms with van der Waals surface area (Å²) in [5.74, 6) is 0.201. The van der Waals surface area contributed by atoms with Gasteiger partial charge >= 0.3 is 12.3 Å². The summed E-state index contributed by atoms with van der Waals surface area (Å²) in [6.45, 7) is 12.3. The van der Waals surface area contributed by atoms with Crippen molar-refractivity contribution in [2.24, 2.45) is 0 Å². The van der Waals surface area contributed by atoms with Crippen LogP contribution in [0.2, 0.25) is 5.04 Å². The topological polar surface area (TPSA) is 82.4 Å². The van der Waals surface area contributed by atoms with Crippen molar-refractivity contribution < 1.29 is 27.1 Å². The molecule has 262 valence electrons.